The fraction of sp³-hybridized carbons (Fsp3) is 0.143. The molecule has 130 valence electrons. The van der Waals surface area contributed by atoms with Gasteiger partial charge in [0.1, 0.15) is 30.3 Å². The summed E-state index contributed by atoms with van der Waals surface area (Å²) in [6.45, 7) is 0.322. The number of rotatable bonds is 6. The second-order valence-electron chi connectivity index (χ2n) is 5.52. The van der Waals surface area contributed by atoms with Gasteiger partial charge in [0.15, 0.2) is 0 Å². The lowest BCUT2D eigenvalue weighted by atomic mass is 10.1. The number of nitrogens with zero attached hydrogens (tertiary/aromatic N) is 1. The number of carbonyl (C=O) groups is 1. The quantitative estimate of drug-likeness (QED) is 0.499. The first-order chi connectivity index (χ1) is 12.7. The lowest BCUT2D eigenvalue weighted by molar-refractivity contribution is 0.0447. The van der Waals surface area contributed by atoms with E-state index in [-0.39, 0.29) is 13.2 Å². The van der Waals surface area contributed by atoms with Crippen LogP contribution in [0.1, 0.15) is 15.9 Å². The summed E-state index contributed by atoms with van der Waals surface area (Å²) < 4.78 is 16.1. The zero-order chi connectivity index (χ0) is 18.4. The molecule has 0 amide bonds. The van der Waals surface area contributed by atoms with E-state index in [0.29, 0.717) is 22.6 Å². The maximum Gasteiger partial charge on any atom is 0.342 e. The molecule has 5 nitrogen and oxygen atoms in total. The largest absolute Gasteiger partial charge is 0.496 e. The molecule has 0 N–H and O–H groups in total. The fourth-order valence-electron chi connectivity index (χ4n) is 2.55. The molecule has 0 atom stereocenters. The Morgan fingerprint density at radius 3 is 2.35 bits per heavy atom. The number of benzene rings is 3. The first-order valence-electron chi connectivity index (χ1n) is 8.08. The van der Waals surface area contributed by atoms with Gasteiger partial charge in [-0.05, 0) is 47.2 Å². The van der Waals surface area contributed by atoms with Crippen molar-refractivity contribution in [2.75, 3.05) is 20.3 Å². The van der Waals surface area contributed by atoms with Crippen molar-refractivity contribution < 1.29 is 19.0 Å². The van der Waals surface area contributed by atoms with Crippen LogP contribution in [-0.2, 0) is 4.74 Å². The molecule has 3 rings (SSSR count). The average molecular weight is 347 g/mol. The summed E-state index contributed by atoms with van der Waals surface area (Å²) >= 11 is 0. The van der Waals surface area contributed by atoms with E-state index in [1.807, 2.05) is 36.4 Å². The number of methoxy groups -OCH3 is 1. The molecule has 3 aromatic carbocycles. The number of hydrogen-bond acceptors (Lipinski definition) is 5. The Kier molecular flexibility index (Phi) is 5.35. The molecule has 0 fully saturated rings. The molecule has 0 aliphatic carbocycles. The van der Waals surface area contributed by atoms with Gasteiger partial charge in [0, 0.05) is 0 Å². The van der Waals surface area contributed by atoms with Gasteiger partial charge in [-0.1, -0.05) is 24.3 Å². The number of esters is 1. The molecule has 5 heteroatoms. The monoisotopic (exact) mass is 347 g/mol. The molecular formula is C21H17NO4. The Morgan fingerprint density at radius 2 is 1.69 bits per heavy atom. The first-order valence-corrected chi connectivity index (χ1v) is 8.08. The predicted octanol–water partition coefficient (Wildman–Crippen LogP) is 3.96. The van der Waals surface area contributed by atoms with Gasteiger partial charge in [0.05, 0.1) is 18.7 Å². The Balaban J connectivity index is 1.61. The maximum atomic E-state index is 12.4. The minimum atomic E-state index is -0.462. The summed E-state index contributed by atoms with van der Waals surface area (Å²) in [6.07, 6.45) is 0. The fourth-order valence-corrected chi connectivity index (χ4v) is 2.55. The SMILES string of the molecule is COc1cc2ccccc2cc1C(=O)OCCOc1ccc(C#N)cc1. The van der Waals surface area contributed by atoms with Crippen LogP contribution in [0.5, 0.6) is 11.5 Å². The number of fused-ring (bicyclic) bond motifs is 1. The van der Waals surface area contributed by atoms with Crippen molar-refractivity contribution in [2.24, 2.45) is 0 Å². The highest BCUT2D eigenvalue weighted by molar-refractivity contribution is 5.98. The van der Waals surface area contributed by atoms with E-state index in [1.54, 1.807) is 30.3 Å². The van der Waals surface area contributed by atoms with Crippen molar-refractivity contribution in [3.05, 3.63) is 71.8 Å². The molecule has 26 heavy (non-hydrogen) atoms. The summed E-state index contributed by atoms with van der Waals surface area (Å²) in [6, 6.07) is 20.1. The van der Waals surface area contributed by atoms with E-state index in [9.17, 15) is 4.79 Å². The Hall–Kier alpha value is -3.52. The second-order valence-corrected chi connectivity index (χ2v) is 5.52. The number of hydrogen-bond donors (Lipinski definition) is 0. The standard InChI is InChI=1S/C21H17NO4/c1-24-20-13-17-5-3-2-4-16(17)12-19(20)21(23)26-11-10-25-18-8-6-15(14-22)7-9-18/h2-9,12-13H,10-11H2,1H3. The minimum absolute atomic E-state index is 0.106. The van der Waals surface area contributed by atoms with Crippen molar-refractivity contribution in [1.82, 2.24) is 0 Å². The molecular weight excluding hydrogens is 330 g/mol. The molecule has 0 saturated carbocycles. The second kappa shape index (κ2) is 8.04. The zero-order valence-electron chi connectivity index (χ0n) is 14.3. The van der Waals surface area contributed by atoms with Crippen LogP contribution >= 0.6 is 0 Å². The molecule has 0 heterocycles. The Labute approximate surface area is 151 Å². The lowest BCUT2D eigenvalue weighted by Gasteiger charge is -2.11. The molecule has 0 spiro atoms. The van der Waals surface area contributed by atoms with Gasteiger partial charge < -0.3 is 14.2 Å². The average Bonchev–Trinajstić information content (AvgIpc) is 2.70. The highest BCUT2D eigenvalue weighted by atomic mass is 16.6. The normalized spacial score (nSPS) is 10.2. The van der Waals surface area contributed by atoms with Gasteiger partial charge >= 0.3 is 5.97 Å². The van der Waals surface area contributed by atoms with Crippen molar-refractivity contribution in [1.29, 1.82) is 5.26 Å². The van der Waals surface area contributed by atoms with E-state index < -0.39 is 5.97 Å². The van der Waals surface area contributed by atoms with Crippen LogP contribution < -0.4 is 9.47 Å². The summed E-state index contributed by atoms with van der Waals surface area (Å²) in [5.74, 6) is 0.626. The van der Waals surface area contributed by atoms with Gasteiger partial charge in [-0.25, -0.2) is 4.79 Å². The van der Waals surface area contributed by atoms with Crippen molar-refractivity contribution >= 4 is 16.7 Å². The van der Waals surface area contributed by atoms with Gasteiger partial charge in [-0.3, -0.25) is 0 Å². The van der Waals surface area contributed by atoms with Gasteiger partial charge in [-0.15, -0.1) is 0 Å². The van der Waals surface area contributed by atoms with Gasteiger partial charge in [-0.2, -0.15) is 5.26 Å². The van der Waals surface area contributed by atoms with Crippen LogP contribution in [-0.4, -0.2) is 26.3 Å². The topological polar surface area (TPSA) is 68.6 Å². The van der Waals surface area contributed by atoms with Crippen molar-refractivity contribution in [2.45, 2.75) is 0 Å². The first kappa shape index (κ1) is 17.3. The van der Waals surface area contributed by atoms with Gasteiger partial charge in [0.2, 0.25) is 0 Å². The van der Waals surface area contributed by atoms with E-state index in [4.69, 9.17) is 19.5 Å². The molecule has 0 aliphatic rings. The van der Waals surface area contributed by atoms with E-state index in [0.717, 1.165) is 10.8 Å². The molecule has 0 aliphatic heterocycles. The zero-order valence-corrected chi connectivity index (χ0v) is 14.3. The highest BCUT2D eigenvalue weighted by Crippen LogP contribution is 2.26. The lowest BCUT2D eigenvalue weighted by Crippen LogP contribution is -2.13. The molecule has 0 radical (unpaired) electrons. The van der Waals surface area contributed by atoms with Crippen LogP contribution in [0.3, 0.4) is 0 Å². The molecule has 0 unspecified atom stereocenters. The highest BCUT2D eigenvalue weighted by Gasteiger charge is 2.15. The predicted molar refractivity (Wildman–Crippen MR) is 97.4 cm³/mol. The summed E-state index contributed by atoms with van der Waals surface area (Å²) in [4.78, 5) is 12.4. The van der Waals surface area contributed by atoms with Crippen molar-refractivity contribution in [3.8, 4) is 17.6 Å². The smallest absolute Gasteiger partial charge is 0.342 e. The number of ether oxygens (including phenoxy) is 3. The number of nitriles is 1. The van der Waals surface area contributed by atoms with Crippen LogP contribution in [0.4, 0.5) is 0 Å². The third-order valence-electron chi connectivity index (χ3n) is 3.86. The van der Waals surface area contributed by atoms with E-state index in [2.05, 4.69) is 0 Å². The minimum Gasteiger partial charge on any atom is -0.496 e. The van der Waals surface area contributed by atoms with Crippen LogP contribution in [0.15, 0.2) is 60.7 Å². The summed E-state index contributed by atoms with van der Waals surface area (Å²) in [5, 5.41) is 10.7. The molecule has 0 bridgehead atoms. The summed E-state index contributed by atoms with van der Waals surface area (Å²) in [7, 11) is 1.52. The Bertz CT molecular complexity index is 958. The van der Waals surface area contributed by atoms with Crippen LogP contribution in [0.25, 0.3) is 10.8 Å². The summed E-state index contributed by atoms with van der Waals surface area (Å²) in [5.41, 5.74) is 0.941. The third kappa shape index (κ3) is 3.93. The third-order valence-corrected chi connectivity index (χ3v) is 3.86. The van der Waals surface area contributed by atoms with E-state index in [1.165, 1.54) is 7.11 Å². The van der Waals surface area contributed by atoms with Crippen LogP contribution in [0, 0.1) is 11.3 Å². The number of carbonyl (C=O) groups excluding carboxylic acids is 1. The molecule has 3 aromatic rings. The molecule has 0 aromatic heterocycles. The van der Waals surface area contributed by atoms with Gasteiger partial charge in [0.25, 0.3) is 0 Å². The molecule has 0 saturated heterocycles. The van der Waals surface area contributed by atoms with E-state index >= 15 is 0 Å². The Morgan fingerprint density at radius 1 is 1.00 bits per heavy atom. The van der Waals surface area contributed by atoms with Crippen molar-refractivity contribution in [3.63, 3.8) is 0 Å². The van der Waals surface area contributed by atoms with Crippen LogP contribution in [0.2, 0.25) is 0 Å². The maximum absolute atomic E-state index is 12.4.